The topological polar surface area (TPSA) is 78.5 Å². The number of benzene rings is 3. The smallest absolute Gasteiger partial charge is 0.264 e. The number of rotatable bonds is 9. The molecular formula is C30H33N3O3S. The lowest BCUT2D eigenvalue weighted by Gasteiger charge is -2.32. The number of likely N-dealkylation sites (tertiary alicyclic amines) is 1. The predicted molar refractivity (Wildman–Crippen MR) is 146 cm³/mol. The summed E-state index contributed by atoms with van der Waals surface area (Å²) in [7, 11) is -3.88. The molecule has 7 heteroatoms. The highest BCUT2D eigenvalue weighted by Gasteiger charge is 2.39. The van der Waals surface area contributed by atoms with Gasteiger partial charge in [-0.25, -0.2) is 13.1 Å². The van der Waals surface area contributed by atoms with Crippen molar-refractivity contribution in [3.63, 3.8) is 0 Å². The summed E-state index contributed by atoms with van der Waals surface area (Å²) in [5.41, 5.74) is 3.49. The van der Waals surface area contributed by atoms with Crippen LogP contribution in [0.4, 0.5) is 0 Å². The van der Waals surface area contributed by atoms with Crippen molar-refractivity contribution in [2.75, 3.05) is 13.1 Å². The van der Waals surface area contributed by atoms with Crippen molar-refractivity contribution >= 4 is 22.0 Å². The molecule has 1 amide bonds. The summed E-state index contributed by atoms with van der Waals surface area (Å²) in [5, 5.41) is 3.87. The molecular weight excluding hydrogens is 482 g/mol. The second kappa shape index (κ2) is 11.4. The third-order valence-corrected chi connectivity index (χ3v) is 8.49. The summed E-state index contributed by atoms with van der Waals surface area (Å²) >= 11 is 0. The molecule has 0 radical (unpaired) electrons. The monoisotopic (exact) mass is 515 g/mol. The first-order chi connectivity index (χ1) is 18.0. The summed E-state index contributed by atoms with van der Waals surface area (Å²) in [6, 6.07) is 27.9. The molecule has 1 aliphatic heterocycles. The van der Waals surface area contributed by atoms with Crippen LogP contribution in [0.3, 0.4) is 0 Å². The van der Waals surface area contributed by atoms with Crippen LogP contribution in [0.5, 0.6) is 0 Å². The van der Waals surface area contributed by atoms with Gasteiger partial charge in [0.05, 0.1) is 4.90 Å². The zero-order valence-corrected chi connectivity index (χ0v) is 21.6. The molecule has 0 aromatic heterocycles. The van der Waals surface area contributed by atoms with Crippen LogP contribution in [-0.4, -0.2) is 44.4 Å². The largest absolute Gasteiger partial charge is 0.311 e. The van der Waals surface area contributed by atoms with Crippen molar-refractivity contribution in [3.05, 3.63) is 108 Å². The fourth-order valence-electron chi connectivity index (χ4n) is 5.06. The predicted octanol–water partition coefficient (Wildman–Crippen LogP) is 4.32. The molecule has 3 aromatic carbocycles. The molecule has 37 heavy (non-hydrogen) atoms. The zero-order valence-electron chi connectivity index (χ0n) is 20.8. The Morgan fingerprint density at radius 1 is 0.919 bits per heavy atom. The van der Waals surface area contributed by atoms with Crippen molar-refractivity contribution in [1.29, 1.82) is 0 Å². The molecule has 3 aromatic rings. The molecule has 1 aliphatic carbocycles. The molecule has 5 rings (SSSR count). The second-order valence-electron chi connectivity index (χ2n) is 9.94. The highest BCUT2D eigenvalue weighted by Crippen LogP contribution is 2.41. The van der Waals surface area contributed by atoms with E-state index in [4.69, 9.17) is 0 Å². The quantitative estimate of drug-likeness (QED) is 0.415. The Morgan fingerprint density at radius 2 is 1.62 bits per heavy atom. The summed E-state index contributed by atoms with van der Waals surface area (Å²) in [4.78, 5) is 14.8. The van der Waals surface area contributed by atoms with Crippen LogP contribution in [0.15, 0.2) is 95.9 Å². The Hall–Kier alpha value is -3.26. The third-order valence-electron chi connectivity index (χ3n) is 7.13. The molecule has 192 valence electrons. The Balaban J connectivity index is 1.08. The maximum absolute atomic E-state index is 12.3. The molecule has 0 spiro atoms. The molecule has 2 aliphatic rings. The van der Waals surface area contributed by atoms with E-state index >= 15 is 0 Å². The Labute approximate surface area is 219 Å². The van der Waals surface area contributed by atoms with Crippen molar-refractivity contribution in [2.45, 2.75) is 48.7 Å². The van der Waals surface area contributed by atoms with E-state index in [2.05, 4.69) is 57.4 Å². The van der Waals surface area contributed by atoms with Gasteiger partial charge in [-0.1, -0.05) is 72.8 Å². The van der Waals surface area contributed by atoms with E-state index in [0.29, 0.717) is 18.0 Å². The number of nitrogens with one attached hydrogen (secondary N) is 2. The van der Waals surface area contributed by atoms with Crippen molar-refractivity contribution in [2.24, 2.45) is 0 Å². The molecule has 1 saturated heterocycles. The molecule has 2 fully saturated rings. The third kappa shape index (κ3) is 6.95. The van der Waals surface area contributed by atoms with E-state index in [9.17, 15) is 13.2 Å². The maximum atomic E-state index is 12.3. The first kappa shape index (κ1) is 25.4. The minimum absolute atomic E-state index is 0.0610. The number of hydrogen-bond acceptors (Lipinski definition) is 5. The first-order valence-corrected chi connectivity index (χ1v) is 14.4. The average molecular weight is 516 g/mol. The number of piperidine rings is 1. The number of sulfonamides is 1. The van der Waals surface area contributed by atoms with Crippen LogP contribution in [0.25, 0.3) is 6.08 Å². The Kier molecular flexibility index (Phi) is 7.84. The number of amides is 1. The minimum atomic E-state index is -3.88. The molecule has 2 atom stereocenters. The summed E-state index contributed by atoms with van der Waals surface area (Å²) in [5.74, 6) is -0.00968. The summed E-state index contributed by atoms with van der Waals surface area (Å²) < 4.78 is 26.7. The number of hydrogen-bond donors (Lipinski definition) is 2. The van der Waals surface area contributed by atoms with Gasteiger partial charge in [0.25, 0.3) is 15.9 Å². The van der Waals surface area contributed by atoms with Crippen molar-refractivity contribution in [1.82, 2.24) is 14.9 Å². The van der Waals surface area contributed by atoms with Crippen molar-refractivity contribution < 1.29 is 13.2 Å². The van der Waals surface area contributed by atoms with Gasteiger partial charge in [0, 0.05) is 30.6 Å². The molecule has 0 bridgehead atoms. The lowest BCUT2D eigenvalue weighted by molar-refractivity contribution is -0.114. The lowest BCUT2D eigenvalue weighted by atomic mass is 10.0. The highest BCUT2D eigenvalue weighted by atomic mass is 32.2. The summed E-state index contributed by atoms with van der Waals surface area (Å²) in [6.07, 6.45) is 6.44. The molecule has 2 unspecified atom stereocenters. The van der Waals surface area contributed by atoms with Gasteiger partial charge in [-0.3, -0.25) is 9.69 Å². The van der Waals surface area contributed by atoms with Gasteiger partial charge in [0.15, 0.2) is 0 Å². The van der Waals surface area contributed by atoms with E-state index in [0.717, 1.165) is 38.0 Å². The van der Waals surface area contributed by atoms with Gasteiger partial charge in [-0.2, -0.15) is 0 Å². The first-order valence-electron chi connectivity index (χ1n) is 12.9. The van der Waals surface area contributed by atoms with E-state index in [1.54, 1.807) is 24.3 Å². The minimum Gasteiger partial charge on any atom is -0.311 e. The zero-order chi connectivity index (χ0) is 25.7. The number of carbonyl (C=O) groups excluding carboxylic acids is 1. The number of carbonyl (C=O) groups is 1. The fraction of sp³-hybridized carbons (Fsp3) is 0.300. The van der Waals surface area contributed by atoms with Crippen LogP contribution >= 0.6 is 0 Å². The van der Waals surface area contributed by atoms with Gasteiger partial charge in [0.2, 0.25) is 0 Å². The van der Waals surface area contributed by atoms with Gasteiger partial charge in [-0.05, 0) is 67.3 Å². The van der Waals surface area contributed by atoms with Crippen LogP contribution in [-0.2, 0) is 21.4 Å². The SMILES string of the molecule is O=C(/C=C/c1cccc(CN2CCC(NC3CC3c3ccccc3)CC2)c1)NS(=O)(=O)c1ccccc1. The van der Waals surface area contributed by atoms with E-state index in [-0.39, 0.29) is 4.90 Å². The second-order valence-corrected chi connectivity index (χ2v) is 11.6. The maximum Gasteiger partial charge on any atom is 0.264 e. The van der Waals surface area contributed by atoms with Gasteiger partial charge >= 0.3 is 0 Å². The Bertz CT molecular complexity index is 1330. The molecule has 6 nitrogen and oxygen atoms in total. The van der Waals surface area contributed by atoms with E-state index in [1.165, 1.54) is 35.8 Å². The normalized spacial score (nSPS) is 20.6. The Morgan fingerprint density at radius 3 is 2.35 bits per heavy atom. The van der Waals surface area contributed by atoms with Crippen molar-refractivity contribution in [3.8, 4) is 0 Å². The van der Waals surface area contributed by atoms with Gasteiger partial charge < -0.3 is 5.32 Å². The standard InChI is InChI=1S/C30H33N3O3S/c34-30(32-37(35,36)27-12-5-2-6-13-27)15-14-23-8-7-9-24(20-23)22-33-18-16-26(17-19-33)31-29-21-28(29)25-10-3-1-4-11-25/h1-15,20,26,28-29,31H,16-19,21-22H2,(H,32,34)/b15-14+. The lowest BCUT2D eigenvalue weighted by Crippen LogP contribution is -2.43. The van der Waals surface area contributed by atoms with Gasteiger partial charge in [0.1, 0.15) is 0 Å². The fourth-order valence-corrected chi connectivity index (χ4v) is 6.02. The van der Waals surface area contributed by atoms with Crippen LogP contribution < -0.4 is 10.0 Å². The van der Waals surface area contributed by atoms with E-state index in [1.807, 2.05) is 12.1 Å². The highest BCUT2D eigenvalue weighted by molar-refractivity contribution is 7.90. The summed E-state index contributed by atoms with van der Waals surface area (Å²) in [6.45, 7) is 2.97. The van der Waals surface area contributed by atoms with Crippen LogP contribution in [0.1, 0.15) is 41.9 Å². The molecule has 1 heterocycles. The molecule has 2 N–H and O–H groups in total. The van der Waals surface area contributed by atoms with Gasteiger partial charge in [-0.15, -0.1) is 0 Å². The number of nitrogens with zero attached hydrogens (tertiary/aromatic N) is 1. The van der Waals surface area contributed by atoms with E-state index < -0.39 is 15.9 Å². The van der Waals surface area contributed by atoms with Crippen LogP contribution in [0, 0.1) is 0 Å². The molecule has 1 saturated carbocycles. The average Bonchev–Trinajstić information content (AvgIpc) is 3.69. The van der Waals surface area contributed by atoms with Crippen LogP contribution in [0.2, 0.25) is 0 Å².